The Balaban J connectivity index is 1.76. The maximum atomic E-state index is 11.8. The van der Waals surface area contributed by atoms with Crippen LogP contribution < -0.4 is 11.1 Å². The highest BCUT2D eigenvalue weighted by Gasteiger charge is 2.30. The molecular weight excluding hydrogens is 240 g/mol. The van der Waals surface area contributed by atoms with Gasteiger partial charge >= 0.3 is 5.97 Å². The first-order valence-corrected chi connectivity index (χ1v) is 7.87. The van der Waals surface area contributed by atoms with Crippen molar-refractivity contribution < 1.29 is 9.53 Å². The van der Waals surface area contributed by atoms with E-state index < -0.39 is 0 Å². The second kappa shape index (κ2) is 7.25. The fraction of sp³-hybridized carbons (Fsp3) is 0.933. The van der Waals surface area contributed by atoms with Crippen LogP contribution in [0.3, 0.4) is 0 Å². The zero-order chi connectivity index (χ0) is 13.7. The number of hydrogen-bond donors (Lipinski definition) is 2. The predicted molar refractivity (Wildman–Crippen MR) is 75.7 cm³/mol. The zero-order valence-corrected chi connectivity index (χ0v) is 12.1. The van der Waals surface area contributed by atoms with Gasteiger partial charge in [0.2, 0.25) is 0 Å². The molecule has 2 rings (SSSR count). The van der Waals surface area contributed by atoms with Gasteiger partial charge in [0, 0.05) is 18.1 Å². The SMILES string of the molecule is CCOC(=O)C1CCCC(NC2CCC(N)CC2)C1. The highest BCUT2D eigenvalue weighted by molar-refractivity contribution is 5.72. The van der Waals surface area contributed by atoms with E-state index in [1.807, 2.05) is 6.92 Å². The minimum absolute atomic E-state index is 0.000309. The summed E-state index contributed by atoms with van der Waals surface area (Å²) in [5.41, 5.74) is 5.94. The van der Waals surface area contributed by atoms with Crippen molar-refractivity contribution in [1.82, 2.24) is 5.32 Å². The molecule has 0 aromatic carbocycles. The van der Waals surface area contributed by atoms with E-state index in [0.29, 0.717) is 24.7 Å². The summed E-state index contributed by atoms with van der Waals surface area (Å²) in [7, 11) is 0. The van der Waals surface area contributed by atoms with Crippen LogP contribution in [0.15, 0.2) is 0 Å². The van der Waals surface area contributed by atoms with Crippen LogP contribution in [0.5, 0.6) is 0 Å². The maximum absolute atomic E-state index is 11.8. The number of nitrogens with one attached hydrogen (secondary N) is 1. The Morgan fingerprint density at radius 1 is 1.16 bits per heavy atom. The molecule has 0 bridgehead atoms. The van der Waals surface area contributed by atoms with Crippen LogP contribution in [-0.4, -0.2) is 30.7 Å². The van der Waals surface area contributed by atoms with Crippen molar-refractivity contribution in [3.63, 3.8) is 0 Å². The molecule has 0 aliphatic heterocycles. The van der Waals surface area contributed by atoms with Crippen LogP contribution in [0.1, 0.15) is 58.3 Å². The lowest BCUT2D eigenvalue weighted by molar-refractivity contribution is -0.149. The number of carbonyl (C=O) groups is 1. The first-order valence-electron chi connectivity index (χ1n) is 7.87. The molecule has 4 heteroatoms. The highest BCUT2D eigenvalue weighted by Crippen LogP contribution is 2.27. The molecule has 2 aliphatic carbocycles. The fourth-order valence-electron chi connectivity index (χ4n) is 3.43. The third-order valence-electron chi connectivity index (χ3n) is 4.54. The summed E-state index contributed by atoms with van der Waals surface area (Å²) >= 11 is 0. The first kappa shape index (κ1) is 14.8. The molecule has 2 unspecified atom stereocenters. The third-order valence-corrected chi connectivity index (χ3v) is 4.54. The van der Waals surface area contributed by atoms with E-state index in [1.165, 1.54) is 19.3 Å². The molecule has 0 spiro atoms. The Kier molecular flexibility index (Phi) is 5.64. The number of rotatable bonds is 4. The number of carbonyl (C=O) groups excluding carboxylic acids is 1. The van der Waals surface area contributed by atoms with Gasteiger partial charge < -0.3 is 15.8 Å². The van der Waals surface area contributed by atoms with E-state index in [1.54, 1.807) is 0 Å². The number of ether oxygens (including phenoxy) is 1. The third kappa shape index (κ3) is 4.46. The van der Waals surface area contributed by atoms with Crippen molar-refractivity contribution in [3.05, 3.63) is 0 Å². The van der Waals surface area contributed by atoms with Crippen molar-refractivity contribution in [2.24, 2.45) is 11.7 Å². The van der Waals surface area contributed by atoms with E-state index in [9.17, 15) is 4.79 Å². The van der Waals surface area contributed by atoms with E-state index in [-0.39, 0.29) is 11.9 Å². The molecular formula is C15H28N2O2. The van der Waals surface area contributed by atoms with Crippen LogP contribution in [0.4, 0.5) is 0 Å². The second-order valence-corrected chi connectivity index (χ2v) is 6.09. The number of hydrogen-bond acceptors (Lipinski definition) is 4. The van der Waals surface area contributed by atoms with Gasteiger partial charge in [0.25, 0.3) is 0 Å². The summed E-state index contributed by atoms with van der Waals surface area (Å²) in [6.45, 7) is 2.37. The molecule has 110 valence electrons. The fourth-order valence-corrected chi connectivity index (χ4v) is 3.43. The lowest BCUT2D eigenvalue weighted by atomic mass is 9.84. The minimum Gasteiger partial charge on any atom is -0.466 e. The van der Waals surface area contributed by atoms with Gasteiger partial charge in [-0.3, -0.25) is 4.79 Å². The van der Waals surface area contributed by atoms with Crippen LogP contribution >= 0.6 is 0 Å². The largest absolute Gasteiger partial charge is 0.466 e. The van der Waals surface area contributed by atoms with Crippen molar-refractivity contribution in [1.29, 1.82) is 0 Å². The van der Waals surface area contributed by atoms with E-state index >= 15 is 0 Å². The molecule has 0 aromatic rings. The molecule has 2 saturated carbocycles. The zero-order valence-electron chi connectivity index (χ0n) is 12.1. The molecule has 2 aliphatic rings. The summed E-state index contributed by atoms with van der Waals surface area (Å²) in [5, 5.41) is 3.74. The lowest BCUT2D eigenvalue weighted by Gasteiger charge is -2.34. The van der Waals surface area contributed by atoms with Gasteiger partial charge in [-0.2, -0.15) is 0 Å². The van der Waals surface area contributed by atoms with Crippen LogP contribution in [0.25, 0.3) is 0 Å². The molecule has 0 amide bonds. The van der Waals surface area contributed by atoms with Gasteiger partial charge in [-0.15, -0.1) is 0 Å². The highest BCUT2D eigenvalue weighted by atomic mass is 16.5. The van der Waals surface area contributed by atoms with Gasteiger partial charge in [-0.1, -0.05) is 6.42 Å². The summed E-state index contributed by atoms with van der Waals surface area (Å²) in [4.78, 5) is 11.8. The number of nitrogens with two attached hydrogens (primary N) is 1. The quantitative estimate of drug-likeness (QED) is 0.765. The molecule has 0 radical (unpaired) electrons. The molecule has 2 atom stereocenters. The smallest absolute Gasteiger partial charge is 0.308 e. The van der Waals surface area contributed by atoms with E-state index in [2.05, 4.69) is 5.32 Å². The minimum atomic E-state index is -0.000309. The molecule has 0 saturated heterocycles. The first-order chi connectivity index (χ1) is 9.19. The average Bonchev–Trinajstić information content (AvgIpc) is 2.42. The van der Waals surface area contributed by atoms with E-state index in [4.69, 9.17) is 10.5 Å². The molecule has 0 aromatic heterocycles. The molecule has 0 heterocycles. The summed E-state index contributed by atoms with van der Waals surface area (Å²) in [6, 6.07) is 1.49. The van der Waals surface area contributed by atoms with Gasteiger partial charge in [0.05, 0.1) is 12.5 Å². The lowest BCUT2D eigenvalue weighted by Crippen LogP contribution is -2.45. The monoisotopic (exact) mass is 268 g/mol. The van der Waals surface area contributed by atoms with Crippen molar-refractivity contribution in [2.45, 2.75) is 76.4 Å². The van der Waals surface area contributed by atoms with Gasteiger partial charge in [0.15, 0.2) is 0 Å². The Labute approximate surface area is 116 Å². The maximum Gasteiger partial charge on any atom is 0.308 e. The second-order valence-electron chi connectivity index (χ2n) is 6.09. The van der Waals surface area contributed by atoms with Crippen LogP contribution in [0.2, 0.25) is 0 Å². The average molecular weight is 268 g/mol. The van der Waals surface area contributed by atoms with Crippen LogP contribution in [0, 0.1) is 5.92 Å². The van der Waals surface area contributed by atoms with Crippen LogP contribution in [-0.2, 0) is 9.53 Å². The number of esters is 1. The molecule has 3 N–H and O–H groups in total. The summed E-state index contributed by atoms with van der Waals surface area (Å²) in [6.07, 6.45) is 8.89. The van der Waals surface area contributed by atoms with Gasteiger partial charge in [-0.05, 0) is 51.9 Å². The summed E-state index contributed by atoms with van der Waals surface area (Å²) < 4.78 is 5.15. The van der Waals surface area contributed by atoms with Gasteiger partial charge in [0.1, 0.15) is 0 Å². The Bertz CT molecular complexity index is 288. The Morgan fingerprint density at radius 2 is 1.89 bits per heavy atom. The van der Waals surface area contributed by atoms with Gasteiger partial charge in [-0.25, -0.2) is 0 Å². The molecule has 2 fully saturated rings. The molecule has 4 nitrogen and oxygen atoms in total. The predicted octanol–water partition coefficient (Wildman–Crippen LogP) is 1.97. The molecule has 19 heavy (non-hydrogen) atoms. The van der Waals surface area contributed by atoms with Crippen molar-refractivity contribution in [2.75, 3.05) is 6.61 Å². The van der Waals surface area contributed by atoms with Crippen molar-refractivity contribution in [3.8, 4) is 0 Å². The van der Waals surface area contributed by atoms with Crippen molar-refractivity contribution >= 4 is 5.97 Å². The van der Waals surface area contributed by atoms with E-state index in [0.717, 1.165) is 32.1 Å². The topological polar surface area (TPSA) is 64.3 Å². The standard InChI is InChI=1S/C15H28N2O2/c1-2-19-15(18)11-4-3-5-14(10-11)17-13-8-6-12(16)7-9-13/h11-14,17H,2-10,16H2,1H3. The summed E-state index contributed by atoms with van der Waals surface area (Å²) in [5.74, 6) is 0.108. The Morgan fingerprint density at radius 3 is 2.58 bits per heavy atom. The normalized spacial score (nSPS) is 35.9. The Hall–Kier alpha value is -0.610.